The summed E-state index contributed by atoms with van der Waals surface area (Å²) in [7, 11) is 0. The zero-order valence-electron chi connectivity index (χ0n) is 18.7. The molecule has 0 aliphatic carbocycles. The van der Waals surface area contributed by atoms with Gasteiger partial charge in [0.25, 0.3) is 0 Å². The third-order valence-corrected chi connectivity index (χ3v) is 5.12. The lowest BCUT2D eigenvalue weighted by Gasteiger charge is -2.23. The average Bonchev–Trinajstić information content (AvgIpc) is 2.83. The van der Waals surface area contributed by atoms with E-state index >= 15 is 0 Å². The Morgan fingerprint density at radius 1 is 0.784 bits per heavy atom. The van der Waals surface area contributed by atoms with Gasteiger partial charge < -0.3 is 9.47 Å². The van der Waals surface area contributed by atoms with E-state index in [2.05, 4.69) is 15.0 Å². The molecule has 0 saturated heterocycles. The molecule has 0 fully saturated rings. The van der Waals surface area contributed by atoms with Crippen molar-refractivity contribution in [2.24, 2.45) is 0 Å². The summed E-state index contributed by atoms with van der Waals surface area (Å²) in [4.78, 5) is 60.9. The molecule has 196 valence electrons. The third kappa shape index (κ3) is 7.80. The highest BCUT2D eigenvalue weighted by atomic mass is 35.6. The van der Waals surface area contributed by atoms with E-state index in [4.69, 9.17) is 79.1 Å². The Bertz CT molecular complexity index is 1210. The molecule has 0 aliphatic rings. The Balaban J connectivity index is 2.68. The Morgan fingerprint density at radius 3 is 1.51 bits per heavy atom. The quantitative estimate of drug-likeness (QED) is 0.177. The lowest BCUT2D eigenvalue weighted by Crippen LogP contribution is -2.33. The highest BCUT2D eigenvalue weighted by molar-refractivity contribution is 6.67. The maximum Gasteiger partial charge on any atom is 0.367 e. The topological polar surface area (TPSA) is 129 Å². The van der Waals surface area contributed by atoms with Crippen molar-refractivity contribution in [1.82, 2.24) is 15.0 Å². The van der Waals surface area contributed by atoms with E-state index in [0.29, 0.717) is 4.90 Å². The molecule has 16 heteroatoms. The summed E-state index contributed by atoms with van der Waals surface area (Å²) < 4.78 is 5.49. The molecule has 1 heterocycles. The maximum absolute atomic E-state index is 12.4. The third-order valence-electron chi connectivity index (χ3n) is 4.10. The number of carbonyl (C=O) groups is 2. The Hall–Kier alpha value is -2.39. The van der Waals surface area contributed by atoms with Gasteiger partial charge in [0, 0.05) is 11.3 Å². The smallest absolute Gasteiger partial charge is 0.367 e. The molecule has 0 atom stereocenters. The van der Waals surface area contributed by atoms with Crippen LogP contribution in [0.3, 0.4) is 0 Å². The van der Waals surface area contributed by atoms with Gasteiger partial charge in [-0.2, -0.15) is 0 Å². The molecule has 0 N–H and O–H groups in total. The summed E-state index contributed by atoms with van der Waals surface area (Å²) in [5.41, 5.74) is -1.38. The summed E-state index contributed by atoms with van der Waals surface area (Å²) in [6.07, 6.45) is 0. The number of alkyl halides is 6. The Kier molecular flexibility index (Phi) is 10.8. The molecular formula is C21H14Cl6N4O6. The Labute approximate surface area is 240 Å². The first kappa shape index (κ1) is 30.8. The largest absolute Gasteiger partial charge is 0.461 e. The molecule has 0 bridgehead atoms. The van der Waals surface area contributed by atoms with Crippen LogP contribution in [0.2, 0.25) is 0 Å². The molecule has 37 heavy (non-hydrogen) atoms. The molecule has 1 aromatic heterocycles. The summed E-state index contributed by atoms with van der Waals surface area (Å²) in [6, 6.07) is 5.36. The summed E-state index contributed by atoms with van der Waals surface area (Å²) in [5, 5.41) is 0. The van der Waals surface area contributed by atoms with Crippen LogP contribution < -0.4 is 4.90 Å². The van der Waals surface area contributed by atoms with Crippen molar-refractivity contribution in [3.63, 3.8) is 0 Å². The van der Waals surface area contributed by atoms with Crippen LogP contribution in [0.25, 0.3) is 11.4 Å². The molecule has 0 aliphatic heterocycles. The number of benzene rings is 1. The zero-order valence-corrected chi connectivity index (χ0v) is 23.3. The van der Waals surface area contributed by atoms with Gasteiger partial charge in [-0.25, -0.2) is 34.1 Å². The van der Waals surface area contributed by atoms with Crippen molar-refractivity contribution in [3.8, 4) is 11.4 Å². The van der Waals surface area contributed by atoms with Crippen LogP contribution in [0.5, 0.6) is 0 Å². The summed E-state index contributed by atoms with van der Waals surface area (Å²) in [6.45, 7) is 2.78. The maximum atomic E-state index is 12.4. The van der Waals surface area contributed by atoms with Gasteiger partial charge in [-0.1, -0.05) is 69.6 Å². The van der Waals surface area contributed by atoms with Crippen molar-refractivity contribution in [2.75, 3.05) is 18.1 Å². The second kappa shape index (κ2) is 12.9. The number of anilines is 1. The SMILES string of the molecule is CCOC(=O)C(=C=O)N(C(=C=O)C(=O)OCC)c1ccc(-c2nc(C(Cl)(Cl)Cl)nc(C(Cl)(Cl)Cl)n2)cc1. The Morgan fingerprint density at radius 2 is 1.19 bits per heavy atom. The first-order chi connectivity index (χ1) is 17.3. The van der Waals surface area contributed by atoms with Gasteiger partial charge in [-0.15, -0.1) is 0 Å². The number of halogens is 6. The number of rotatable bonds is 8. The average molecular weight is 631 g/mol. The van der Waals surface area contributed by atoms with Crippen molar-refractivity contribution < 1.29 is 28.7 Å². The molecular weight excluding hydrogens is 617 g/mol. The molecule has 0 saturated carbocycles. The highest BCUT2D eigenvalue weighted by Gasteiger charge is 2.34. The number of ether oxygens (including phenoxy) is 2. The zero-order chi connectivity index (χ0) is 28.0. The molecule has 2 aromatic rings. The number of nitrogens with zero attached hydrogens (tertiary/aromatic N) is 4. The second-order valence-electron chi connectivity index (χ2n) is 6.53. The van der Waals surface area contributed by atoms with Gasteiger partial charge in [-0.05, 0) is 38.1 Å². The number of hydrogen-bond acceptors (Lipinski definition) is 10. The van der Waals surface area contributed by atoms with Crippen LogP contribution in [-0.2, 0) is 36.2 Å². The van der Waals surface area contributed by atoms with Crippen LogP contribution in [0.4, 0.5) is 5.69 Å². The van der Waals surface area contributed by atoms with E-state index in [0.717, 1.165) is 0 Å². The molecule has 0 amide bonds. The van der Waals surface area contributed by atoms with Crippen molar-refractivity contribution in [2.45, 2.75) is 21.4 Å². The summed E-state index contributed by atoms with van der Waals surface area (Å²) in [5.74, 6) is -0.304. The summed E-state index contributed by atoms with van der Waals surface area (Å²) >= 11 is 35.4. The van der Waals surface area contributed by atoms with Gasteiger partial charge in [-0.3, -0.25) is 4.90 Å². The minimum atomic E-state index is -2.09. The predicted molar refractivity (Wildman–Crippen MR) is 138 cm³/mol. The number of aromatic nitrogens is 3. The van der Waals surface area contributed by atoms with Crippen LogP contribution in [0.15, 0.2) is 35.7 Å². The van der Waals surface area contributed by atoms with Crippen molar-refractivity contribution >= 4 is 99.1 Å². The van der Waals surface area contributed by atoms with E-state index in [-0.39, 0.29) is 41.9 Å². The molecule has 10 nitrogen and oxygen atoms in total. The van der Waals surface area contributed by atoms with E-state index in [1.165, 1.54) is 50.0 Å². The van der Waals surface area contributed by atoms with Gasteiger partial charge in [0.05, 0.1) is 13.2 Å². The number of esters is 2. The van der Waals surface area contributed by atoms with E-state index in [1.807, 2.05) is 0 Å². The van der Waals surface area contributed by atoms with Crippen molar-refractivity contribution in [1.29, 1.82) is 0 Å². The lowest BCUT2D eigenvalue weighted by molar-refractivity contribution is -0.138. The fourth-order valence-electron chi connectivity index (χ4n) is 2.64. The van der Waals surface area contributed by atoms with Gasteiger partial charge in [0.15, 0.2) is 29.4 Å². The van der Waals surface area contributed by atoms with Crippen LogP contribution in [0.1, 0.15) is 25.5 Å². The minimum Gasteiger partial charge on any atom is -0.461 e. The first-order valence-electron chi connectivity index (χ1n) is 9.93. The monoisotopic (exact) mass is 628 g/mol. The first-order valence-corrected chi connectivity index (χ1v) is 12.2. The van der Waals surface area contributed by atoms with Gasteiger partial charge >= 0.3 is 11.9 Å². The minimum absolute atomic E-state index is 0.0289. The van der Waals surface area contributed by atoms with Gasteiger partial charge in [0.1, 0.15) is 0 Å². The van der Waals surface area contributed by atoms with Crippen LogP contribution in [0, 0.1) is 0 Å². The van der Waals surface area contributed by atoms with Crippen LogP contribution in [-0.4, -0.2) is 52.0 Å². The molecule has 2 rings (SSSR count). The predicted octanol–water partition coefficient (Wildman–Crippen LogP) is 4.56. The van der Waals surface area contributed by atoms with E-state index in [1.54, 1.807) is 0 Å². The normalized spacial score (nSPS) is 11.1. The second-order valence-corrected chi connectivity index (χ2v) is 11.1. The van der Waals surface area contributed by atoms with Crippen LogP contribution >= 0.6 is 69.6 Å². The molecule has 0 radical (unpaired) electrons. The highest BCUT2D eigenvalue weighted by Crippen LogP contribution is 2.41. The van der Waals surface area contributed by atoms with E-state index < -0.39 is 30.9 Å². The van der Waals surface area contributed by atoms with Gasteiger partial charge in [0.2, 0.25) is 19.0 Å². The van der Waals surface area contributed by atoms with E-state index in [9.17, 15) is 19.2 Å². The van der Waals surface area contributed by atoms with Crippen molar-refractivity contribution in [3.05, 3.63) is 47.3 Å². The molecule has 0 spiro atoms. The fraction of sp³-hybridized carbons (Fsp3) is 0.286. The fourth-order valence-corrected chi connectivity index (χ4v) is 3.15. The molecule has 0 unspecified atom stereocenters. The number of carbonyl (C=O) groups excluding carboxylic acids is 4. The molecule has 1 aromatic carbocycles. The number of hydrogen-bond donors (Lipinski definition) is 0. The standard InChI is InChI=1S/C21H14Cl6N4O6/c1-3-36-16(34)13(9-32)31(14(10-33)17(35)37-4-2)12-7-5-11(6-8-12)15-28-18(20(22,23)24)30-19(29-15)21(25,26)27/h5-8H,3-4H2,1-2H3. The lowest BCUT2D eigenvalue weighted by atomic mass is 10.1.